The van der Waals surface area contributed by atoms with Crippen LogP contribution >= 0.6 is 0 Å². The first kappa shape index (κ1) is 14.5. The SMILES string of the molecule is CC(C)CCNC(=O)COC1CCCC1CN. The van der Waals surface area contributed by atoms with E-state index in [1.807, 2.05) is 0 Å². The summed E-state index contributed by atoms with van der Waals surface area (Å²) < 4.78 is 5.63. The lowest BCUT2D eigenvalue weighted by molar-refractivity contribution is -0.128. The number of rotatable bonds is 7. The van der Waals surface area contributed by atoms with Crippen molar-refractivity contribution in [3.63, 3.8) is 0 Å². The van der Waals surface area contributed by atoms with Gasteiger partial charge in [-0.1, -0.05) is 20.3 Å². The molecule has 0 saturated heterocycles. The Hall–Kier alpha value is -0.610. The molecule has 3 N–H and O–H groups in total. The molecule has 1 rings (SSSR count). The molecule has 100 valence electrons. The smallest absolute Gasteiger partial charge is 0.246 e. The topological polar surface area (TPSA) is 64.3 Å². The molecule has 0 aromatic rings. The lowest BCUT2D eigenvalue weighted by atomic mass is 10.1. The molecule has 4 heteroatoms. The molecule has 0 bridgehead atoms. The highest BCUT2D eigenvalue weighted by Crippen LogP contribution is 2.27. The van der Waals surface area contributed by atoms with Crippen LogP contribution in [-0.4, -0.2) is 31.7 Å². The van der Waals surface area contributed by atoms with Crippen molar-refractivity contribution in [2.24, 2.45) is 17.6 Å². The van der Waals surface area contributed by atoms with Gasteiger partial charge in [0.05, 0.1) is 6.10 Å². The second-order valence-corrected chi connectivity index (χ2v) is 5.31. The van der Waals surface area contributed by atoms with Crippen molar-refractivity contribution in [2.75, 3.05) is 19.7 Å². The van der Waals surface area contributed by atoms with Crippen LogP contribution in [0.4, 0.5) is 0 Å². The highest BCUT2D eigenvalue weighted by molar-refractivity contribution is 5.77. The minimum Gasteiger partial charge on any atom is -0.368 e. The largest absolute Gasteiger partial charge is 0.368 e. The number of nitrogens with one attached hydrogen (secondary N) is 1. The van der Waals surface area contributed by atoms with Crippen LogP contribution in [0.3, 0.4) is 0 Å². The van der Waals surface area contributed by atoms with E-state index in [0.29, 0.717) is 18.4 Å². The fourth-order valence-corrected chi connectivity index (χ4v) is 2.23. The molecule has 1 saturated carbocycles. The highest BCUT2D eigenvalue weighted by Gasteiger charge is 2.27. The van der Waals surface area contributed by atoms with Gasteiger partial charge in [0.2, 0.25) is 5.91 Å². The second-order valence-electron chi connectivity index (χ2n) is 5.31. The van der Waals surface area contributed by atoms with E-state index in [0.717, 1.165) is 25.8 Å². The first-order valence-electron chi connectivity index (χ1n) is 6.71. The van der Waals surface area contributed by atoms with E-state index in [9.17, 15) is 4.79 Å². The van der Waals surface area contributed by atoms with Crippen LogP contribution in [0.2, 0.25) is 0 Å². The third-order valence-electron chi connectivity index (χ3n) is 3.36. The average molecular weight is 242 g/mol. The number of ether oxygens (including phenoxy) is 1. The van der Waals surface area contributed by atoms with Crippen molar-refractivity contribution < 1.29 is 9.53 Å². The molecule has 0 aromatic carbocycles. The molecule has 1 amide bonds. The van der Waals surface area contributed by atoms with Gasteiger partial charge in [-0.05, 0) is 37.6 Å². The summed E-state index contributed by atoms with van der Waals surface area (Å²) in [6.45, 7) is 5.88. The van der Waals surface area contributed by atoms with Crippen molar-refractivity contribution in [3.05, 3.63) is 0 Å². The van der Waals surface area contributed by atoms with Gasteiger partial charge < -0.3 is 15.8 Å². The zero-order chi connectivity index (χ0) is 12.7. The molecular weight excluding hydrogens is 216 g/mol. The molecule has 0 heterocycles. The summed E-state index contributed by atoms with van der Waals surface area (Å²) in [4.78, 5) is 11.5. The van der Waals surface area contributed by atoms with Crippen LogP contribution in [0.5, 0.6) is 0 Å². The summed E-state index contributed by atoms with van der Waals surface area (Å²) in [5.74, 6) is 1.06. The van der Waals surface area contributed by atoms with Crippen LogP contribution in [0, 0.1) is 11.8 Å². The van der Waals surface area contributed by atoms with E-state index < -0.39 is 0 Å². The fourth-order valence-electron chi connectivity index (χ4n) is 2.23. The van der Waals surface area contributed by atoms with Gasteiger partial charge in [0, 0.05) is 6.54 Å². The summed E-state index contributed by atoms with van der Waals surface area (Å²) in [6.07, 6.45) is 4.55. The Labute approximate surface area is 104 Å². The van der Waals surface area contributed by atoms with E-state index in [1.54, 1.807) is 0 Å². The fraction of sp³-hybridized carbons (Fsp3) is 0.923. The molecule has 0 spiro atoms. The third kappa shape index (κ3) is 5.50. The van der Waals surface area contributed by atoms with Crippen molar-refractivity contribution >= 4 is 5.91 Å². The summed E-state index contributed by atoms with van der Waals surface area (Å²) in [5.41, 5.74) is 5.66. The first-order valence-corrected chi connectivity index (χ1v) is 6.71. The number of nitrogens with two attached hydrogens (primary N) is 1. The molecule has 1 fully saturated rings. The van der Waals surface area contributed by atoms with Crippen LogP contribution < -0.4 is 11.1 Å². The Balaban J connectivity index is 2.10. The lowest BCUT2D eigenvalue weighted by Crippen LogP contribution is -2.33. The number of hydrogen-bond acceptors (Lipinski definition) is 3. The summed E-state index contributed by atoms with van der Waals surface area (Å²) in [6, 6.07) is 0. The highest BCUT2D eigenvalue weighted by atomic mass is 16.5. The van der Waals surface area contributed by atoms with E-state index in [2.05, 4.69) is 19.2 Å². The van der Waals surface area contributed by atoms with Gasteiger partial charge in [0.25, 0.3) is 0 Å². The summed E-state index contributed by atoms with van der Waals surface area (Å²) >= 11 is 0. The molecule has 0 aliphatic heterocycles. The normalized spacial score (nSPS) is 24.2. The van der Waals surface area contributed by atoms with Crippen LogP contribution in [0.1, 0.15) is 39.5 Å². The van der Waals surface area contributed by atoms with Gasteiger partial charge >= 0.3 is 0 Å². The molecular formula is C13H26N2O2. The van der Waals surface area contributed by atoms with E-state index in [1.165, 1.54) is 6.42 Å². The maximum absolute atomic E-state index is 11.5. The summed E-state index contributed by atoms with van der Waals surface area (Å²) in [7, 11) is 0. The standard InChI is InChI=1S/C13H26N2O2/c1-10(2)6-7-15-13(16)9-17-12-5-3-4-11(12)8-14/h10-12H,3-9,14H2,1-2H3,(H,15,16). The zero-order valence-electron chi connectivity index (χ0n) is 11.1. The second kappa shape index (κ2) is 7.67. The maximum atomic E-state index is 11.5. The Morgan fingerprint density at radius 1 is 1.47 bits per heavy atom. The first-order chi connectivity index (χ1) is 8.13. The predicted octanol–water partition coefficient (Wildman–Crippen LogP) is 1.29. The predicted molar refractivity (Wildman–Crippen MR) is 68.6 cm³/mol. The zero-order valence-corrected chi connectivity index (χ0v) is 11.1. The van der Waals surface area contributed by atoms with Crippen LogP contribution in [0.25, 0.3) is 0 Å². The van der Waals surface area contributed by atoms with E-state index in [4.69, 9.17) is 10.5 Å². The van der Waals surface area contributed by atoms with Crippen LogP contribution in [-0.2, 0) is 9.53 Å². The molecule has 0 aromatic heterocycles. The minimum absolute atomic E-state index is 0.00618. The Morgan fingerprint density at radius 3 is 2.88 bits per heavy atom. The monoisotopic (exact) mass is 242 g/mol. The van der Waals surface area contributed by atoms with Gasteiger partial charge in [0.15, 0.2) is 0 Å². The molecule has 1 aliphatic carbocycles. The van der Waals surface area contributed by atoms with Crippen molar-refractivity contribution in [1.29, 1.82) is 0 Å². The van der Waals surface area contributed by atoms with Crippen molar-refractivity contribution in [1.82, 2.24) is 5.32 Å². The van der Waals surface area contributed by atoms with Crippen molar-refractivity contribution in [3.8, 4) is 0 Å². The third-order valence-corrected chi connectivity index (χ3v) is 3.36. The molecule has 4 nitrogen and oxygen atoms in total. The van der Waals surface area contributed by atoms with Gasteiger partial charge in [0.1, 0.15) is 6.61 Å². The number of carbonyl (C=O) groups is 1. The van der Waals surface area contributed by atoms with Crippen LogP contribution in [0.15, 0.2) is 0 Å². The maximum Gasteiger partial charge on any atom is 0.246 e. The van der Waals surface area contributed by atoms with Gasteiger partial charge in [-0.3, -0.25) is 4.79 Å². The molecule has 2 atom stereocenters. The quantitative estimate of drug-likeness (QED) is 0.707. The van der Waals surface area contributed by atoms with Crippen molar-refractivity contribution in [2.45, 2.75) is 45.6 Å². The average Bonchev–Trinajstić information content (AvgIpc) is 2.73. The van der Waals surface area contributed by atoms with Gasteiger partial charge in [-0.15, -0.1) is 0 Å². The number of carbonyl (C=O) groups excluding carboxylic acids is 1. The molecule has 0 radical (unpaired) electrons. The van der Waals surface area contributed by atoms with Gasteiger partial charge in [-0.25, -0.2) is 0 Å². The molecule has 2 unspecified atom stereocenters. The number of amides is 1. The molecule has 17 heavy (non-hydrogen) atoms. The van der Waals surface area contributed by atoms with E-state index >= 15 is 0 Å². The minimum atomic E-state index is -0.00618. The molecule has 1 aliphatic rings. The summed E-state index contributed by atoms with van der Waals surface area (Å²) in [5, 5.41) is 2.88. The van der Waals surface area contributed by atoms with E-state index in [-0.39, 0.29) is 18.6 Å². The Morgan fingerprint density at radius 2 is 2.24 bits per heavy atom. The Bertz CT molecular complexity index is 231. The number of hydrogen-bond donors (Lipinski definition) is 2. The van der Waals surface area contributed by atoms with Gasteiger partial charge in [-0.2, -0.15) is 0 Å². The lowest BCUT2D eigenvalue weighted by Gasteiger charge is -2.18. The Kier molecular flexibility index (Phi) is 6.52.